The van der Waals surface area contributed by atoms with Crippen molar-refractivity contribution in [3.8, 4) is 11.5 Å². The van der Waals surface area contributed by atoms with Gasteiger partial charge in [0.15, 0.2) is 15.8 Å². The van der Waals surface area contributed by atoms with Crippen LogP contribution in [-0.4, -0.2) is 34.4 Å². The van der Waals surface area contributed by atoms with Crippen LogP contribution in [0.2, 0.25) is 0 Å². The van der Waals surface area contributed by atoms with Crippen molar-refractivity contribution in [1.29, 1.82) is 0 Å². The van der Waals surface area contributed by atoms with Crippen molar-refractivity contribution in [3.63, 3.8) is 0 Å². The summed E-state index contributed by atoms with van der Waals surface area (Å²) < 4.78 is 11.9. The molecule has 2 aromatic carbocycles. The molecule has 0 atom stereocenters. The van der Waals surface area contributed by atoms with Crippen LogP contribution in [0.3, 0.4) is 0 Å². The average Bonchev–Trinajstić information content (AvgIpc) is 3.06. The van der Waals surface area contributed by atoms with Crippen molar-refractivity contribution in [2.24, 2.45) is 0 Å². The molecule has 3 rings (SSSR count). The lowest BCUT2D eigenvalue weighted by Gasteiger charge is -2.15. The van der Waals surface area contributed by atoms with E-state index in [1.165, 1.54) is 0 Å². The smallest absolute Gasteiger partial charge is 0.285 e. The van der Waals surface area contributed by atoms with E-state index in [1.54, 1.807) is 30.3 Å². The molecule has 168 valence electrons. The largest absolute Gasteiger partial charge is 0.490 e. The molecule has 6 nitrogen and oxygen atoms in total. The quantitative estimate of drug-likeness (QED) is 0.292. The van der Waals surface area contributed by atoms with Crippen molar-refractivity contribution in [3.05, 3.63) is 64.6 Å². The highest BCUT2D eigenvalue weighted by atomic mass is 32.2. The number of hydrogen-bond donors (Lipinski definition) is 1. The van der Waals surface area contributed by atoms with Crippen LogP contribution in [0.15, 0.2) is 53.4 Å². The number of nitrogens with one attached hydrogen (secondary N) is 1. The zero-order valence-corrected chi connectivity index (χ0v) is 19.8. The summed E-state index contributed by atoms with van der Waals surface area (Å²) in [6, 6.07) is 14.2. The Balaban J connectivity index is 1.73. The maximum absolute atomic E-state index is 12.8. The fourth-order valence-electron chi connectivity index (χ4n) is 3.01. The van der Waals surface area contributed by atoms with Gasteiger partial charge in [0.1, 0.15) is 0 Å². The average molecular weight is 471 g/mol. The summed E-state index contributed by atoms with van der Waals surface area (Å²) in [5.74, 6) is 0.543. The zero-order valence-electron chi connectivity index (χ0n) is 18.1. The second-order valence-corrected chi connectivity index (χ2v) is 8.69. The minimum absolute atomic E-state index is 0.270. The molecule has 0 radical (unpaired) electrons. The Morgan fingerprint density at radius 1 is 1.09 bits per heavy atom. The molecular formula is C24H26N2O4S2. The van der Waals surface area contributed by atoms with Crippen molar-refractivity contribution in [2.75, 3.05) is 13.2 Å². The van der Waals surface area contributed by atoms with Gasteiger partial charge in [-0.15, -0.1) is 0 Å². The molecule has 0 aromatic heterocycles. The van der Waals surface area contributed by atoms with Gasteiger partial charge in [-0.2, -0.15) is 5.01 Å². The normalized spacial score (nSPS) is 14.7. The number of thioether (sulfide) groups is 1. The van der Waals surface area contributed by atoms with Crippen LogP contribution in [0.25, 0.3) is 6.08 Å². The van der Waals surface area contributed by atoms with Gasteiger partial charge in [-0.25, -0.2) is 0 Å². The minimum atomic E-state index is -0.397. The molecule has 1 aliphatic rings. The molecule has 32 heavy (non-hydrogen) atoms. The standard InChI is InChI=1S/C24H26N2O4S2/c1-3-5-9-14-30-19-13-12-17(15-20(19)29-4-2)16-21-23(28)26(24(31)32-21)25-22(27)18-10-7-6-8-11-18/h6-8,10-13,15-16H,3-5,9,14H2,1-2H3,(H,25,27)/b21-16-. The number of thiocarbonyl (C=S) groups is 1. The molecule has 1 aliphatic heterocycles. The molecule has 8 heteroatoms. The first-order valence-electron chi connectivity index (χ1n) is 10.6. The van der Waals surface area contributed by atoms with Crippen LogP contribution in [0.1, 0.15) is 49.0 Å². The van der Waals surface area contributed by atoms with E-state index in [2.05, 4.69) is 12.3 Å². The molecule has 0 saturated carbocycles. The minimum Gasteiger partial charge on any atom is -0.490 e. The number of rotatable bonds is 10. The molecule has 0 aliphatic carbocycles. The Kier molecular flexibility index (Phi) is 8.70. The van der Waals surface area contributed by atoms with Crippen LogP contribution in [0.4, 0.5) is 0 Å². The first kappa shape index (κ1) is 23.8. The molecule has 2 amide bonds. The van der Waals surface area contributed by atoms with Crippen LogP contribution < -0.4 is 14.9 Å². The van der Waals surface area contributed by atoms with Crippen molar-refractivity contribution in [2.45, 2.75) is 33.1 Å². The van der Waals surface area contributed by atoms with E-state index in [9.17, 15) is 9.59 Å². The topological polar surface area (TPSA) is 67.9 Å². The van der Waals surface area contributed by atoms with Crippen LogP contribution >= 0.6 is 24.0 Å². The summed E-state index contributed by atoms with van der Waals surface area (Å²) >= 11 is 6.44. The number of nitrogens with zero attached hydrogens (tertiary/aromatic N) is 1. The maximum Gasteiger partial charge on any atom is 0.285 e. The van der Waals surface area contributed by atoms with Crippen LogP contribution in [0, 0.1) is 0 Å². The Morgan fingerprint density at radius 2 is 1.88 bits per heavy atom. The number of carbonyl (C=O) groups is 2. The third-order valence-electron chi connectivity index (χ3n) is 4.61. The fourth-order valence-corrected chi connectivity index (χ4v) is 4.19. The molecule has 0 bridgehead atoms. The van der Waals surface area contributed by atoms with Gasteiger partial charge < -0.3 is 9.47 Å². The molecule has 1 heterocycles. The third kappa shape index (κ3) is 6.11. The molecule has 1 N–H and O–H groups in total. The monoisotopic (exact) mass is 470 g/mol. The first-order valence-corrected chi connectivity index (χ1v) is 11.8. The van der Waals surface area contributed by atoms with Gasteiger partial charge in [0.05, 0.1) is 18.1 Å². The molecule has 2 aromatic rings. The van der Waals surface area contributed by atoms with E-state index in [1.807, 2.05) is 31.2 Å². The Hall–Kier alpha value is -2.84. The number of hydrogen-bond acceptors (Lipinski definition) is 6. The van der Waals surface area contributed by atoms with Gasteiger partial charge in [-0.3, -0.25) is 15.0 Å². The van der Waals surface area contributed by atoms with Gasteiger partial charge >= 0.3 is 0 Å². The molecule has 1 fully saturated rings. The van der Waals surface area contributed by atoms with E-state index in [-0.39, 0.29) is 10.2 Å². The molecule has 0 spiro atoms. The fraction of sp³-hybridized carbons (Fsp3) is 0.292. The number of benzene rings is 2. The summed E-state index contributed by atoms with van der Waals surface area (Å²) in [7, 11) is 0. The lowest BCUT2D eigenvalue weighted by molar-refractivity contribution is -0.123. The SMILES string of the molecule is CCCCCOc1ccc(/C=C2\SC(=S)N(NC(=O)c3ccccc3)C2=O)cc1OCC. The lowest BCUT2D eigenvalue weighted by Crippen LogP contribution is -2.44. The number of carbonyl (C=O) groups excluding carboxylic acids is 2. The Labute approximate surface area is 197 Å². The number of ether oxygens (including phenoxy) is 2. The highest BCUT2D eigenvalue weighted by Gasteiger charge is 2.33. The number of hydrazine groups is 1. The Morgan fingerprint density at radius 3 is 2.59 bits per heavy atom. The third-order valence-corrected chi connectivity index (χ3v) is 5.92. The summed E-state index contributed by atoms with van der Waals surface area (Å²) in [6.07, 6.45) is 4.97. The predicted octanol–water partition coefficient (Wildman–Crippen LogP) is 5.20. The van der Waals surface area contributed by atoms with E-state index >= 15 is 0 Å². The highest BCUT2D eigenvalue weighted by molar-refractivity contribution is 8.26. The lowest BCUT2D eigenvalue weighted by atomic mass is 10.2. The summed E-state index contributed by atoms with van der Waals surface area (Å²) in [5.41, 5.74) is 3.81. The van der Waals surface area contributed by atoms with Gasteiger partial charge in [0.25, 0.3) is 11.8 Å². The zero-order chi connectivity index (χ0) is 22.9. The van der Waals surface area contributed by atoms with E-state index < -0.39 is 5.91 Å². The van der Waals surface area contributed by atoms with Crippen molar-refractivity contribution < 1.29 is 19.1 Å². The van der Waals surface area contributed by atoms with E-state index in [0.29, 0.717) is 35.2 Å². The van der Waals surface area contributed by atoms with E-state index in [0.717, 1.165) is 41.6 Å². The predicted molar refractivity (Wildman–Crippen MR) is 132 cm³/mol. The van der Waals surface area contributed by atoms with Crippen LogP contribution in [0.5, 0.6) is 11.5 Å². The van der Waals surface area contributed by atoms with E-state index in [4.69, 9.17) is 21.7 Å². The molecule has 0 unspecified atom stereocenters. The van der Waals surface area contributed by atoms with Crippen molar-refractivity contribution >= 4 is 46.2 Å². The maximum atomic E-state index is 12.8. The van der Waals surface area contributed by atoms with Gasteiger partial charge in [-0.05, 0) is 61.5 Å². The second kappa shape index (κ2) is 11.7. The number of unbranched alkanes of at least 4 members (excludes halogenated alkanes) is 2. The van der Waals surface area contributed by atoms with Gasteiger partial charge in [0.2, 0.25) is 0 Å². The molecular weight excluding hydrogens is 444 g/mol. The summed E-state index contributed by atoms with van der Waals surface area (Å²) in [4.78, 5) is 25.7. The van der Waals surface area contributed by atoms with Gasteiger partial charge in [-0.1, -0.05) is 55.8 Å². The molecule has 1 saturated heterocycles. The summed E-state index contributed by atoms with van der Waals surface area (Å²) in [5, 5.41) is 1.11. The van der Waals surface area contributed by atoms with Crippen molar-refractivity contribution in [1.82, 2.24) is 10.4 Å². The van der Waals surface area contributed by atoms with Crippen LogP contribution in [-0.2, 0) is 4.79 Å². The first-order chi connectivity index (χ1) is 15.5. The second-order valence-electron chi connectivity index (χ2n) is 7.02. The Bertz CT molecular complexity index is 1010. The highest BCUT2D eigenvalue weighted by Crippen LogP contribution is 2.34. The summed E-state index contributed by atoms with van der Waals surface area (Å²) in [6.45, 7) is 5.19. The number of amides is 2. The van der Waals surface area contributed by atoms with Gasteiger partial charge in [0, 0.05) is 5.56 Å².